The zero-order valence-corrected chi connectivity index (χ0v) is 16.5. The highest BCUT2D eigenvalue weighted by molar-refractivity contribution is 5.93. The molecule has 0 N–H and O–H groups in total. The lowest BCUT2D eigenvalue weighted by molar-refractivity contribution is -0.00000487. The van der Waals surface area contributed by atoms with Crippen molar-refractivity contribution in [1.82, 2.24) is 4.48 Å². The van der Waals surface area contributed by atoms with Crippen LogP contribution in [0.25, 0.3) is 10.8 Å². The van der Waals surface area contributed by atoms with Gasteiger partial charge in [0.2, 0.25) is 0 Å². The zero-order valence-electron chi connectivity index (χ0n) is 15.7. The van der Waals surface area contributed by atoms with Crippen LogP contribution in [0.4, 0.5) is 5.69 Å². The van der Waals surface area contributed by atoms with Crippen LogP contribution in [0.1, 0.15) is 59.3 Å². The van der Waals surface area contributed by atoms with Crippen LogP contribution < -0.4 is 16.9 Å². The second-order valence-electron chi connectivity index (χ2n) is 6.77. The average molecular weight is 348 g/mol. The fourth-order valence-electron chi connectivity index (χ4n) is 3.82. The highest BCUT2D eigenvalue weighted by atomic mass is 35.5. The Bertz CT molecular complexity index is 584. The van der Waals surface area contributed by atoms with Gasteiger partial charge in [0, 0.05) is 5.39 Å². The third kappa shape index (κ3) is 4.97. The Balaban J connectivity index is 0.00000288. The van der Waals surface area contributed by atoms with E-state index in [1.54, 1.807) is 0 Å². The first-order valence-electron chi connectivity index (χ1n) is 9.61. The van der Waals surface area contributed by atoms with E-state index in [4.69, 9.17) is 0 Å². The Kier molecular flexibility index (Phi) is 9.39. The molecule has 0 radical (unpaired) electrons. The minimum atomic E-state index is 0. The van der Waals surface area contributed by atoms with Crippen LogP contribution in [0.5, 0.6) is 0 Å². The Hall–Kier alpha value is -1.05. The predicted octanol–water partition coefficient (Wildman–Crippen LogP) is 3.55. The maximum Gasteiger partial charge on any atom is 0.140 e. The van der Waals surface area contributed by atoms with Gasteiger partial charge in [-0.3, -0.25) is 4.48 Å². The molecular formula is C22H34ClN. The molecule has 0 saturated carbocycles. The van der Waals surface area contributed by atoms with Crippen LogP contribution in [0.2, 0.25) is 0 Å². The first-order chi connectivity index (χ1) is 11.3. The van der Waals surface area contributed by atoms with Gasteiger partial charge in [-0.25, -0.2) is 0 Å². The molecule has 0 aliphatic heterocycles. The van der Waals surface area contributed by atoms with Gasteiger partial charge in [-0.15, -0.1) is 0 Å². The Morgan fingerprint density at radius 1 is 0.708 bits per heavy atom. The molecule has 0 atom stereocenters. The lowest BCUT2D eigenvalue weighted by atomic mass is 10.0. The topological polar surface area (TPSA) is 0 Å². The molecule has 24 heavy (non-hydrogen) atoms. The van der Waals surface area contributed by atoms with Gasteiger partial charge in [-0.2, -0.15) is 0 Å². The van der Waals surface area contributed by atoms with Crippen LogP contribution in [-0.2, 0) is 0 Å². The quantitative estimate of drug-likeness (QED) is 0.455. The van der Waals surface area contributed by atoms with Gasteiger partial charge in [0.1, 0.15) is 5.69 Å². The molecule has 0 amide bonds. The molecule has 2 rings (SSSR count). The van der Waals surface area contributed by atoms with Crippen LogP contribution in [0, 0.1) is 0 Å². The summed E-state index contributed by atoms with van der Waals surface area (Å²) in [6.07, 6.45) is 8.25. The van der Waals surface area contributed by atoms with E-state index in [0.717, 1.165) is 4.48 Å². The largest absolute Gasteiger partial charge is 1.00 e. The summed E-state index contributed by atoms with van der Waals surface area (Å²) < 4.78 is 1.12. The maximum absolute atomic E-state index is 2.35. The third-order valence-electron chi connectivity index (χ3n) is 5.43. The van der Waals surface area contributed by atoms with Crippen molar-refractivity contribution in [3.05, 3.63) is 42.5 Å². The van der Waals surface area contributed by atoms with E-state index in [2.05, 4.69) is 63.2 Å². The van der Waals surface area contributed by atoms with Crippen LogP contribution in [0.15, 0.2) is 42.5 Å². The van der Waals surface area contributed by atoms with Crippen LogP contribution in [-0.4, -0.2) is 19.6 Å². The highest BCUT2D eigenvalue weighted by Gasteiger charge is 2.27. The standard InChI is InChI=1S/C22H34N.ClH/c1-4-7-8-9-10-13-19-23(5-2,6-3)22-18-14-16-20-15-11-12-17-21(20)22;/h11-12,14-18H,4-10,13,19H2,1-3H3;1H/q+1;/p-1. The minimum absolute atomic E-state index is 0. The number of benzene rings is 2. The van der Waals surface area contributed by atoms with Gasteiger partial charge in [0.05, 0.1) is 19.6 Å². The molecule has 0 bridgehead atoms. The van der Waals surface area contributed by atoms with Crippen LogP contribution >= 0.6 is 0 Å². The van der Waals surface area contributed by atoms with Gasteiger partial charge in [0.25, 0.3) is 0 Å². The van der Waals surface area contributed by atoms with E-state index in [9.17, 15) is 0 Å². The summed E-state index contributed by atoms with van der Waals surface area (Å²) >= 11 is 0. The number of hydrogen-bond donors (Lipinski definition) is 0. The third-order valence-corrected chi connectivity index (χ3v) is 5.43. The number of nitrogens with zero attached hydrogens (tertiary/aromatic N) is 1. The molecule has 1 nitrogen and oxygen atoms in total. The number of quaternary nitrogens is 1. The Labute approximate surface area is 155 Å². The first kappa shape index (κ1) is 21.0. The van der Waals surface area contributed by atoms with Crippen molar-refractivity contribution in [2.24, 2.45) is 0 Å². The molecule has 0 unspecified atom stereocenters. The molecule has 0 fully saturated rings. The minimum Gasteiger partial charge on any atom is -1.00 e. The summed E-state index contributed by atoms with van der Waals surface area (Å²) in [5.41, 5.74) is 1.52. The number of rotatable bonds is 10. The van der Waals surface area contributed by atoms with E-state index in [1.165, 1.54) is 74.6 Å². The van der Waals surface area contributed by atoms with E-state index in [-0.39, 0.29) is 12.4 Å². The molecule has 0 saturated heterocycles. The predicted molar refractivity (Wildman–Crippen MR) is 105 cm³/mol. The summed E-state index contributed by atoms with van der Waals surface area (Å²) in [4.78, 5) is 0. The molecule has 2 aromatic rings. The van der Waals surface area contributed by atoms with E-state index < -0.39 is 0 Å². The Morgan fingerprint density at radius 3 is 2.04 bits per heavy atom. The van der Waals surface area contributed by atoms with Crippen molar-refractivity contribution in [2.45, 2.75) is 59.3 Å². The van der Waals surface area contributed by atoms with Crippen molar-refractivity contribution in [3.8, 4) is 0 Å². The number of unbranched alkanes of at least 4 members (excludes halogenated alkanes) is 5. The van der Waals surface area contributed by atoms with Crippen molar-refractivity contribution >= 4 is 16.5 Å². The van der Waals surface area contributed by atoms with E-state index >= 15 is 0 Å². The van der Waals surface area contributed by atoms with Gasteiger partial charge < -0.3 is 12.4 Å². The molecule has 2 heteroatoms. The number of fused-ring (bicyclic) bond motifs is 1. The smallest absolute Gasteiger partial charge is 0.140 e. The van der Waals surface area contributed by atoms with Crippen LogP contribution in [0.3, 0.4) is 0 Å². The molecule has 0 spiro atoms. The van der Waals surface area contributed by atoms with Gasteiger partial charge in [0.15, 0.2) is 0 Å². The van der Waals surface area contributed by atoms with Crippen molar-refractivity contribution < 1.29 is 12.4 Å². The number of hydrogen-bond acceptors (Lipinski definition) is 0. The fourth-order valence-corrected chi connectivity index (χ4v) is 3.82. The van der Waals surface area contributed by atoms with E-state index in [1.807, 2.05) is 0 Å². The summed E-state index contributed by atoms with van der Waals surface area (Å²) in [7, 11) is 0. The number of halogens is 1. The van der Waals surface area contributed by atoms with Crippen molar-refractivity contribution in [3.63, 3.8) is 0 Å². The summed E-state index contributed by atoms with van der Waals surface area (Å²) in [5.74, 6) is 0. The average Bonchev–Trinajstić information content (AvgIpc) is 2.61. The summed E-state index contributed by atoms with van der Waals surface area (Å²) in [5, 5.41) is 2.81. The molecule has 0 aliphatic rings. The summed E-state index contributed by atoms with van der Waals surface area (Å²) in [6, 6.07) is 15.7. The van der Waals surface area contributed by atoms with E-state index in [0.29, 0.717) is 0 Å². The first-order valence-corrected chi connectivity index (χ1v) is 9.61. The Morgan fingerprint density at radius 2 is 1.33 bits per heavy atom. The van der Waals surface area contributed by atoms with Crippen molar-refractivity contribution in [1.29, 1.82) is 0 Å². The van der Waals surface area contributed by atoms with Crippen molar-refractivity contribution in [2.75, 3.05) is 19.6 Å². The maximum atomic E-state index is 2.35. The van der Waals surface area contributed by atoms with Gasteiger partial charge >= 0.3 is 0 Å². The molecule has 0 aliphatic carbocycles. The molecular weight excluding hydrogens is 314 g/mol. The normalized spacial score (nSPS) is 11.5. The fraction of sp³-hybridized carbons (Fsp3) is 0.545. The lowest BCUT2D eigenvalue weighted by Gasteiger charge is -2.37. The lowest BCUT2D eigenvalue weighted by Crippen LogP contribution is -3.00. The van der Waals surface area contributed by atoms with Gasteiger partial charge in [-0.05, 0) is 44.2 Å². The molecule has 134 valence electrons. The SMILES string of the molecule is CCCCCCCC[N+](CC)(CC)c1cccc2ccccc12.[Cl-]. The zero-order chi connectivity index (χ0) is 16.5. The monoisotopic (exact) mass is 347 g/mol. The molecule has 2 aromatic carbocycles. The second kappa shape index (κ2) is 10.7. The highest BCUT2D eigenvalue weighted by Crippen LogP contribution is 2.32. The summed E-state index contributed by atoms with van der Waals surface area (Å²) in [6.45, 7) is 10.6. The molecule has 0 heterocycles. The van der Waals surface area contributed by atoms with Gasteiger partial charge in [-0.1, -0.05) is 62.9 Å². The second-order valence-corrected chi connectivity index (χ2v) is 6.77. The molecule has 0 aromatic heterocycles.